The molecule has 9 heteroatoms. The van der Waals surface area contributed by atoms with Crippen molar-refractivity contribution in [1.29, 1.82) is 0 Å². The number of hydrogen-bond donors (Lipinski definition) is 2. The second-order valence-corrected chi connectivity index (χ2v) is 8.38. The molecule has 4 aromatic rings. The third-order valence-corrected chi connectivity index (χ3v) is 5.79. The van der Waals surface area contributed by atoms with Gasteiger partial charge in [-0.1, -0.05) is 41.6 Å². The molecule has 0 unspecified atom stereocenters. The van der Waals surface area contributed by atoms with Crippen LogP contribution >= 0.6 is 23.4 Å². The van der Waals surface area contributed by atoms with Crippen LogP contribution < -0.4 is 10.6 Å². The Labute approximate surface area is 195 Å². The van der Waals surface area contributed by atoms with E-state index in [-0.39, 0.29) is 5.91 Å². The monoisotopic (exact) mass is 467 g/mol. The van der Waals surface area contributed by atoms with Crippen LogP contribution in [0.1, 0.15) is 18.0 Å². The number of aromatic nitrogens is 3. The van der Waals surface area contributed by atoms with Gasteiger partial charge in [0.05, 0.1) is 19.4 Å². The van der Waals surface area contributed by atoms with Crippen LogP contribution in [0.4, 0.5) is 5.69 Å². The summed E-state index contributed by atoms with van der Waals surface area (Å²) in [6, 6.07) is 21.1. The van der Waals surface area contributed by atoms with E-state index in [0.29, 0.717) is 30.3 Å². The highest BCUT2D eigenvalue weighted by atomic mass is 35.5. The van der Waals surface area contributed by atoms with Crippen LogP contribution in [0.25, 0.3) is 5.69 Å². The van der Waals surface area contributed by atoms with Crippen LogP contribution in [0.3, 0.4) is 0 Å². The minimum Gasteiger partial charge on any atom is -0.467 e. The van der Waals surface area contributed by atoms with Crippen molar-refractivity contribution in [2.45, 2.75) is 24.7 Å². The summed E-state index contributed by atoms with van der Waals surface area (Å²) >= 11 is 7.46. The van der Waals surface area contributed by atoms with Crippen LogP contribution in [0, 0.1) is 0 Å². The zero-order valence-electron chi connectivity index (χ0n) is 17.2. The van der Waals surface area contributed by atoms with Crippen molar-refractivity contribution in [1.82, 2.24) is 20.1 Å². The van der Waals surface area contributed by atoms with Crippen molar-refractivity contribution in [3.05, 3.63) is 89.6 Å². The number of para-hydroxylation sites is 1. The van der Waals surface area contributed by atoms with Gasteiger partial charge in [-0.2, -0.15) is 0 Å². The van der Waals surface area contributed by atoms with Crippen LogP contribution in [-0.2, 0) is 17.9 Å². The van der Waals surface area contributed by atoms with Crippen molar-refractivity contribution in [2.75, 3.05) is 11.1 Å². The van der Waals surface area contributed by atoms with E-state index >= 15 is 0 Å². The number of rotatable bonds is 10. The van der Waals surface area contributed by atoms with Gasteiger partial charge in [0, 0.05) is 28.6 Å². The van der Waals surface area contributed by atoms with Gasteiger partial charge in [0.2, 0.25) is 5.91 Å². The van der Waals surface area contributed by atoms with Gasteiger partial charge < -0.3 is 15.1 Å². The number of carbonyl (C=O) groups excluding carboxylic acids is 1. The van der Waals surface area contributed by atoms with E-state index in [9.17, 15) is 4.79 Å². The number of nitrogens with zero attached hydrogens (tertiary/aromatic N) is 3. The van der Waals surface area contributed by atoms with Gasteiger partial charge in [-0.25, -0.2) is 0 Å². The quantitative estimate of drug-likeness (QED) is 0.322. The Balaban J connectivity index is 1.39. The van der Waals surface area contributed by atoms with Crippen molar-refractivity contribution in [3.8, 4) is 5.69 Å². The molecule has 0 aliphatic carbocycles. The molecule has 164 valence electrons. The van der Waals surface area contributed by atoms with Crippen molar-refractivity contribution in [2.24, 2.45) is 0 Å². The molecule has 2 N–H and O–H groups in total. The van der Waals surface area contributed by atoms with Crippen LogP contribution in [0.15, 0.2) is 82.6 Å². The van der Waals surface area contributed by atoms with E-state index in [1.807, 2.05) is 65.2 Å². The normalized spacial score (nSPS) is 10.8. The minimum absolute atomic E-state index is 0.0377. The first kappa shape index (κ1) is 22.0. The molecule has 2 aromatic carbocycles. The van der Waals surface area contributed by atoms with E-state index in [2.05, 4.69) is 20.8 Å². The molecule has 0 radical (unpaired) electrons. The highest BCUT2D eigenvalue weighted by Gasteiger charge is 2.15. The molecule has 0 spiro atoms. The average Bonchev–Trinajstić information content (AvgIpc) is 3.48. The fourth-order valence-corrected chi connectivity index (χ4v) is 4.05. The lowest BCUT2D eigenvalue weighted by Gasteiger charge is -2.11. The number of furan rings is 1. The summed E-state index contributed by atoms with van der Waals surface area (Å²) in [5.41, 5.74) is 1.91. The molecule has 0 fully saturated rings. The molecule has 32 heavy (non-hydrogen) atoms. The summed E-state index contributed by atoms with van der Waals surface area (Å²) in [6.45, 7) is 0.880. The molecule has 2 heterocycles. The number of carbonyl (C=O) groups is 1. The molecule has 0 aliphatic heterocycles. The summed E-state index contributed by atoms with van der Waals surface area (Å²) < 4.78 is 7.24. The predicted molar refractivity (Wildman–Crippen MR) is 126 cm³/mol. The molecular formula is C23H22ClN5O2S. The number of benzene rings is 2. The average molecular weight is 468 g/mol. The van der Waals surface area contributed by atoms with Gasteiger partial charge in [-0.3, -0.25) is 9.36 Å². The summed E-state index contributed by atoms with van der Waals surface area (Å²) in [6.07, 6.45) is 1.96. The molecule has 0 atom stereocenters. The van der Waals surface area contributed by atoms with E-state index < -0.39 is 0 Å². The van der Waals surface area contributed by atoms with Gasteiger partial charge in [-0.15, -0.1) is 10.2 Å². The molecule has 1 amide bonds. The maximum atomic E-state index is 12.1. The third kappa shape index (κ3) is 5.93. The predicted octanol–water partition coefficient (Wildman–Crippen LogP) is 4.92. The van der Waals surface area contributed by atoms with Crippen molar-refractivity contribution < 1.29 is 9.21 Å². The summed E-state index contributed by atoms with van der Waals surface area (Å²) in [4.78, 5) is 12.1. The largest absolute Gasteiger partial charge is 0.467 e. The number of halogens is 1. The number of anilines is 1. The molecule has 0 saturated carbocycles. The maximum Gasteiger partial charge on any atom is 0.221 e. The number of amides is 1. The maximum absolute atomic E-state index is 12.1. The Morgan fingerprint density at radius 1 is 1.00 bits per heavy atom. The Morgan fingerprint density at radius 2 is 1.81 bits per heavy atom. The molecule has 4 rings (SSSR count). The highest BCUT2D eigenvalue weighted by Crippen LogP contribution is 2.23. The van der Waals surface area contributed by atoms with E-state index in [1.54, 1.807) is 12.3 Å². The smallest absolute Gasteiger partial charge is 0.221 e. The Bertz CT molecular complexity index is 1130. The Morgan fingerprint density at radius 3 is 2.56 bits per heavy atom. The van der Waals surface area contributed by atoms with Crippen LogP contribution in [-0.4, -0.2) is 26.4 Å². The zero-order chi connectivity index (χ0) is 22.2. The number of nitrogens with one attached hydrogen (secondary N) is 2. The fourth-order valence-electron chi connectivity index (χ4n) is 3.02. The van der Waals surface area contributed by atoms with E-state index in [4.69, 9.17) is 16.0 Å². The third-order valence-electron chi connectivity index (χ3n) is 4.61. The SMILES string of the molecule is O=C(CCSc1nnc(CNc2ccc(Cl)cc2)n1-c1ccccc1)NCc1ccco1. The Hall–Kier alpha value is -3.23. The minimum atomic E-state index is -0.0377. The van der Waals surface area contributed by atoms with Gasteiger partial charge >= 0.3 is 0 Å². The molecule has 0 aliphatic rings. The number of thioether (sulfide) groups is 1. The lowest BCUT2D eigenvalue weighted by atomic mass is 10.3. The van der Waals surface area contributed by atoms with Crippen molar-refractivity contribution >= 4 is 35.0 Å². The van der Waals surface area contributed by atoms with Gasteiger partial charge in [0.15, 0.2) is 11.0 Å². The molecule has 0 bridgehead atoms. The molecule has 0 saturated heterocycles. The first-order valence-electron chi connectivity index (χ1n) is 10.1. The second kappa shape index (κ2) is 10.9. The summed E-state index contributed by atoms with van der Waals surface area (Å²) in [5.74, 6) is 2.05. The fraction of sp³-hybridized carbons (Fsp3) is 0.174. The first-order chi connectivity index (χ1) is 15.7. The lowest BCUT2D eigenvalue weighted by molar-refractivity contribution is -0.120. The molecule has 7 nitrogen and oxygen atoms in total. The van der Waals surface area contributed by atoms with E-state index in [0.717, 1.165) is 28.1 Å². The van der Waals surface area contributed by atoms with E-state index in [1.165, 1.54) is 11.8 Å². The topological polar surface area (TPSA) is 85.0 Å². The highest BCUT2D eigenvalue weighted by molar-refractivity contribution is 7.99. The lowest BCUT2D eigenvalue weighted by Crippen LogP contribution is -2.22. The zero-order valence-corrected chi connectivity index (χ0v) is 18.8. The van der Waals surface area contributed by atoms with Gasteiger partial charge in [0.1, 0.15) is 5.76 Å². The first-order valence-corrected chi connectivity index (χ1v) is 11.5. The van der Waals surface area contributed by atoms with Gasteiger partial charge in [-0.05, 0) is 48.5 Å². The van der Waals surface area contributed by atoms with Gasteiger partial charge in [0.25, 0.3) is 0 Å². The molecular weight excluding hydrogens is 446 g/mol. The second-order valence-electron chi connectivity index (χ2n) is 6.88. The Kier molecular flexibility index (Phi) is 7.47. The molecule has 2 aromatic heterocycles. The number of hydrogen-bond acceptors (Lipinski definition) is 6. The summed E-state index contributed by atoms with van der Waals surface area (Å²) in [7, 11) is 0. The standard InChI is InChI=1S/C23H22ClN5O2S/c24-17-8-10-18(11-9-17)25-16-21-27-28-23(29(21)19-5-2-1-3-6-19)32-14-12-22(30)26-15-20-7-4-13-31-20/h1-11,13,25H,12,14-16H2,(H,26,30). The van der Waals surface area contributed by atoms with Crippen molar-refractivity contribution in [3.63, 3.8) is 0 Å². The van der Waals surface area contributed by atoms with Crippen LogP contribution in [0.5, 0.6) is 0 Å². The van der Waals surface area contributed by atoms with Crippen LogP contribution in [0.2, 0.25) is 5.02 Å². The summed E-state index contributed by atoms with van der Waals surface area (Å²) in [5, 5.41) is 16.4.